The normalized spacial score (nSPS) is 17.4. The van der Waals surface area contributed by atoms with E-state index in [0.29, 0.717) is 12.6 Å². The molecule has 1 atom stereocenters. The van der Waals surface area contributed by atoms with Gasteiger partial charge in [0.1, 0.15) is 5.75 Å². The quantitative estimate of drug-likeness (QED) is 0.515. The Morgan fingerprint density at radius 3 is 2.62 bits per heavy atom. The Hall–Kier alpha value is -2.21. The van der Waals surface area contributed by atoms with E-state index < -0.39 is 0 Å². The fourth-order valence-corrected chi connectivity index (χ4v) is 3.31. The highest BCUT2D eigenvalue weighted by molar-refractivity contribution is 9.10. The average Bonchev–Trinajstić information content (AvgIpc) is 3.10. The van der Waals surface area contributed by atoms with Crippen LogP contribution in [0, 0.1) is 0 Å². The number of nitrogens with one attached hydrogen (secondary N) is 2. The third-order valence-corrected chi connectivity index (χ3v) is 4.95. The van der Waals surface area contributed by atoms with Crippen LogP contribution >= 0.6 is 15.9 Å². The van der Waals surface area contributed by atoms with E-state index in [-0.39, 0.29) is 5.75 Å². The van der Waals surface area contributed by atoms with Crippen molar-refractivity contribution < 1.29 is 5.11 Å². The van der Waals surface area contributed by atoms with E-state index in [1.807, 2.05) is 12.1 Å². The Morgan fingerprint density at radius 2 is 1.92 bits per heavy atom. The molecule has 3 rings (SSSR count). The fraction of sp³-hybridized carbons (Fsp3) is 0.350. The highest BCUT2D eigenvalue weighted by atomic mass is 79.9. The summed E-state index contributed by atoms with van der Waals surface area (Å²) in [5, 5.41) is 16.2. The predicted octanol–water partition coefficient (Wildman–Crippen LogP) is 3.49. The summed E-state index contributed by atoms with van der Waals surface area (Å²) in [7, 11) is 0. The summed E-state index contributed by atoms with van der Waals surface area (Å²) < 4.78 is 1.10. The lowest BCUT2D eigenvalue weighted by atomic mass is 10.2. The van der Waals surface area contributed by atoms with Crippen LogP contribution in [0.1, 0.15) is 18.9 Å². The number of guanidine groups is 1. The molecule has 0 bridgehead atoms. The molecule has 0 spiro atoms. The molecule has 6 heteroatoms. The van der Waals surface area contributed by atoms with Crippen LogP contribution < -0.4 is 15.5 Å². The third-order valence-electron chi connectivity index (χ3n) is 4.42. The molecule has 1 saturated heterocycles. The van der Waals surface area contributed by atoms with Crippen LogP contribution in [0.25, 0.3) is 0 Å². The molecule has 5 nitrogen and oxygen atoms in total. The molecular formula is C20H25BrN4O. The summed E-state index contributed by atoms with van der Waals surface area (Å²) in [6.45, 7) is 5.48. The number of benzene rings is 2. The van der Waals surface area contributed by atoms with Gasteiger partial charge in [0.2, 0.25) is 0 Å². The van der Waals surface area contributed by atoms with Gasteiger partial charge < -0.3 is 20.6 Å². The van der Waals surface area contributed by atoms with E-state index in [2.05, 4.69) is 67.6 Å². The zero-order valence-corrected chi connectivity index (χ0v) is 16.5. The number of aromatic hydroxyl groups is 1. The highest BCUT2D eigenvalue weighted by Crippen LogP contribution is 2.22. The lowest BCUT2D eigenvalue weighted by molar-refractivity contribution is 0.475. The molecule has 1 unspecified atom stereocenters. The lowest BCUT2D eigenvalue weighted by Gasteiger charge is -2.20. The van der Waals surface area contributed by atoms with Gasteiger partial charge in [-0.3, -0.25) is 0 Å². The van der Waals surface area contributed by atoms with Crippen LogP contribution in [0.3, 0.4) is 0 Å². The summed E-state index contributed by atoms with van der Waals surface area (Å²) in [6, 6.07) is 16.0. The Balaban J connectivity index is 1.58. The fourth-order valence-electron chi connectivity index (χ4n) is 3.05. The molecule has 0 aromatic heterocycles. The second kappa shape index (κ2) is 8.94. The van der Waals surface area contributed by atoms with Crippen molar-refractivity contribution in [1.29, 1.82) is 0 Å². The minimum atomic E-state index is 0.279. The van der Waals surface area contributed by atoms with E-state index in [0.717, 1.165) is 42.1 Å². The number of anilines is 1. The maximum Gasteiger partial charge on any atom is 0.191 e. The van der Waals surface area contributed by atoms with Crippen LogP contribution in [0.15, 0.2) is 58.0 Å². The summed E-state index contributed by atoms with van der Waals surface area (Å²) in [4.78, 5) is 7.07. The van der Waals surface area contributed by atoms with Gasteiger partial charge in [-0.1, -0.05) is 28.1 Å². The van der Waals surface area contributed by atoms with E-state index in [1.54, 1.807) is 12.1 Å². The first kappa shape index (κ1) is 18.6. The van der Waals surface area contributed by atoms with Crippen LogP contribution in [-0.2, 0) is 6.54 Å². The van der Waals surface area contributed by atoms with E-state index in [9.17, 15) is 5.11 Å². The van der Waals surface area contributed by atoms with Crippen LogP contribution in [0.2, 0.25) is 0 Å². The van der Waals surface area contributed by atoms with Gasteiger partial charge in [0.15, 0.2) is 5.96 Å². The van der Waals surface area contributed by atoms with E-state index in [4.69, 9.17) is 0 Å². The monoisotopic (exact) mass is 416 g/mol. The Labute approximate surface area is 163 Å². The number of aliphatic imine (C=N–C) groups is 1. The largest absolute Gasteiger partial charge is 0.508 e. The molecule has 138 valence electrons. The second-order valence-electron chi connectivity index (χ2n) is 6.41. The van der Waals surface area contributed by atoms with Gasteiger partial charge in [-0.15, -0.1) is 0 Å². The second-order valence-corrected chi connectivity index (χ2v) is 7.33. The third kappa shape index (κ3) is 5.14. The molecule has 3 N–H and O–H groups in total. The Bertz CT molecular complexity index is 730. The average molecular weight is 417 g/mol. The smallest absolute Gasteiger partial charge is 0.191 e. The van der Waals surface area contributed by atoms with Crippen LogP contribution in [0.5, 0.6) is 5.75 Å². The maximum atomic E-state index is 9.37. The standard InChI is InChI=1S/C20H25BrN4O/c1-2-22-20(23-13-15-3-9-19(26)10-4-15)24-17-11-12-25(14-17)18-7-5-16(21)6-8-18/h3-10,17,26H,2,11-14H2,1H3,(H2,22,23,24). The summed E-state index contributed by atoms with van der Waals surface area (Å²) in [6.07, 6.45) is 1.08. The Kier molecular flexibility index (Phi) is 6.39. The molecular weight excluding hydrogens is 392 g/mol. The van der Waals surface area contributed by atoms with Gasteiger partial charge in [-0.05, 0) is 55.3 Å². The van der Waals surface area contributed by atoms with E-state index >= 15 is 0 Å². The van der Waals surface area contributed by atoms with Gasteiger partial charge in [-0.25, -0.2) is 4.99 Å². The molecule has 0 radical (unpaired) electrons. The van der Waals surface area contributed by atoms with Crippen molar-refractivity contribution in [3.8, 4) is 5.75 Å². The van der Waals surface area contributed by atoms with Gasteiger partial charge in [-0.2, -0.15) is 0 Å². The molecule has 1 heterocycles. The number of hydrogen-bond acceptors (Lipinski definition) is 3. The van der Waals surface area contributed by atoms with Crippen molar-refractivity contribution in [2.75, 3.05) is 24.5 Å². The van der Waals surface area contributed by atoms with Crippen molar-refractivity contribution >= 4 is 27.6 Å². The number of nitrogens with zero attached hydrogens (tertiary/aromatic N) is 2. The first-order valence-corrected chi connectivity index (χ1v) is 9.76. The number of phenolic OH excluding ortho intramolecular Hbond substituents is 1. The van der Waals surface area contributed by atoms with Crippen LogP contribution in [-0.4, -0.2) is 36.7 Å². The maximum absolute atomic E-state index is 9.37. The molecule has 1 fully saturated rings. The number of phenols is 1. The van der Waals surface area contributed by atoms with Crippen molar-refractivity contribution in [1.82, 2.24) is 10.6 Å². The molecule has 0 amide bonds. The first-order chi connectivity index (χ1) is 12.6. The number of hydrogen-bond donors (Lipinski definition) is 3. The minimum absolute atomic E-state index is 0.279. The molecule has 26 heavy (non-hydrogen) atoms. The van der Waals surface area contributed by atoms with Crippen molar-refractivity contribution in [3.05, 3.63) is 58.6 Å². The molecule has 2 aromatic carbocycles. The van der Waals surface area contributed by atoms with Crippen molar-refractivity contribution in [2.45, 2.75) is 25.9 Å². The first-order valence-electron chi connectivity index (χ1n) is 8.97. The molecule has 2 aromatic rings. The zero-order chi connectivity index (χ0) is 18.4. The minimum Gasteiger partial charge on any atom is -0.508 e. The number of rotatable bonds is 5. The molecule has 1 aliphatic rings. The van der Waals surface area contributed by atoms with E-state index in [1.165, 1.54) is 5.69 Å². The zero-order valence-electron chi connectivity index (χ0n) is 15.0. The SMILES string of the molecule is CCNC(=NCc1ccc(O)cc1)NC1CCN(c2ccc(Br)cc2)C1. The topological polar surface area (TPSA) is 59.9 Å². The Morgan fingerprint density at radius 1 is 1.19 bits per heavy atom. The van der Waals surface area contributed by atoms with Gasteiger partial charge in [0.05, 0.1) is 6.54 Å². The van der Waals surface area contributed by atoms with Crippen molar-refractivity contribution in [2.24, 2.45) is 4.99 Å². The number of halogens is 1. The summed E-state index contributed by atoms with van der Waals surface area (Å²) in [5.41, 5.74) is 2.33. The van der Waals surface area contributed by atoms with Crippen LogP contribution in [0.4, 0.5) is 5.69 Å². The van der Waals surface area contributed by atoms with Crippen molar-refractivity contribution in [3.63, 3.8) is 0 Å². The molecule has 1 aliphatic heterocycles. The molecule has 0 aliphatic carbocycles. The lowest BCUT2D eigenvalue weighted by Crippen LogP contribution is -2.44. The summed E-state index contributed by atoms with van der Waals surface area (Å²) >= 11 is 3.49. The van der Waals surface area contributed by atoms with Gasteiger partial charge in [0, 0.05) is 35.8 Å². The van der Waals surface area contributed by atoms with Gasteiger partial charge in [0.25, 0.3) is 0 Å². The highest BCUT2D eigenvalue weighted by Gasteiger charge is 2.23. The predicted molar refractivity (Wildman–Crippen MR) is 111 cm³/mol. The van der Waals surface area contributed by atoms with Gasteiger partial charge >= 0.3 is 0 Å². The summed E-state index contributed by atoms with van der Waals surface area (Å²) in [5.74, 6) is 1.12. The molecule has 0 saturated carbocycles.